The van der Waals surface area contributed by atoms with Crippen LogP contribution in [0.15, 0.2) is 45.6 Å². The second kappa shape index (κ2) is 6.02. The molecule has 0 aliphatic heterocycles. The molecule has 2 heterocycles. The maximum atomic E-state index is 11.8. The van der Waals surface area contributed by atoms with Crippen LogP contribution in [-0.4, -0.2) is 28.6 Å². The summed E-state index contributed by atoms with van der Waals surface area (Å²) in [7, 11) is 0. The van der Waals surface area contributed by atoms with Gasteiger partial charge >= 0.3 is 0 Å². The van der Waals surface area contributed by atoms with Gasteiger partial charge in [0.1, 0.15) is 0 Å². The number of benzene rings is 1. The van der Waals surface area contributed by atoms with Crippen LogP contribution in [-0.2, 0) is 4.79 Å². The first-order valence-electron chi connectivity index (χ1n) is 6.38. The lowest BCUT2D eigenvalue weighted by Crippen LogP contribution is -2.32. The Morgan fingerprint density at radius 1 is 1.27 bits per heavy atom. The molecular formula is C14H11BrN4O3. The minimum atomic E-state index is -0.453. The normalized spacial score (nSPS) is 10.6. The van der Waals surface area contributed by atoms with E-state index in [0.717, 1.165) is 10.9 Å². The van der Waals surface area contributed by atoms with Crippen LogP contribution in [0.1, 0.15) is 10.6 Å². The number of hydrogen-bond acceptors (Lipinski definition) is 4. The molecule has 0 unspecified atom stereocenters. The van der Waals surface area contributed by atoms with Crippen LogP contribution in [0.2, 0.25) is 0 Å². The van der Waals surface area contributed by atoms with Gasteiger partial charge in [0.25, 0.3) is 5.91 Å². The van der Waals surface area contributed by atoms with Crippen molar-refractivity contribution in [2.45, 2.75) is 0 Å². The fraction of sp³-hybridized carbons (Fsp3) is 0.0714. The van der Waals surface area contributed by atoms with Crippen molar-refractivity contribution in [3.8, 4) is 0 Å². The number of aromatic amines is 1. The summed E-state index contributed by atoms with van der Waals surface area (Å²) >= 11 is 3.11. The third-order valence-electron chi connectivity index (χ3n) is 2.93. The highest BCUT2D eigenvalue weighted by molar-refractivity contribution is 9.10. The van der Waals surface area contributed by atoms with Crippen molar-refractivity contribution in [2.24, 2.45) is 0 Å². The quantitative estimate of drug-likeness (QED) is 0.662. The first-order valence-corrected chi connectivity index (χ1v) is 7.17. The molecule has 1 aromatic carbocycles. The predicted molar refractivity (Wildman–Crippen MR) is 83.5 cm³/mol. The number of anilines is 1. The number of nitrogens with zero attached hydrogens (tertiary/aromatic N) is 1. The van der Waals surface area contributed by atoms with Crippen LogP contribution in [0.5, 0.6) is 0 Å². The first kappa shape index (κ1) is 14.3. The summed E-state index contributed by atoms with van der Waals surface area (Å²) in [5.74, 6) is -0.646. The summed E-state index contributed by atoms with van der Waals surface area (Å²) in [6, 6.07) is 8.49. The zero-order chi connectivity index (χ0) is 15.5. The second-order valence-corrected chi connectivity index (χ2v) is 5.29. The van der Waals surface area contributed by atoms with Gasteiger partial charge in [-0.2, -0.15) is 5.10 Å². The molecule has 7 nitrogen and oxygen atoms in total. The Morgan fingerprint density at radius 2 is 2.14 bits per heavy atom. The molecule has 0 radical (unpaired) electrons. The molecule has 0 saturated carbocycles. The van der Waals surface area contributed by atoms with Gasteiger partial charge in [-0.25, -0.2) is 0 Å². The van der Waals surface area contributed by atoms with Gasteiger partial charge in [-0.1, -0.05) is 0 Å². The summed E-state index contributed by atoms with van der Waals surface area (Å²) in [4.78, 5) is 23.6. The molecule has 0 aliphatic carbocycles. The second-order valence-electron chi connectivity index (χ2n) is 4.51. The van der Waals surface area contributed by atoms with E-state index in [-0.39, 0.29) is 18.2 Å². The summed E-state index contributed by atoms with van der Waals surface area (Å²) < 4.78 is 5.55. The van der Waals surface area contributed by atoms with Crippen molar-refractivity contribution in [2.75, 3.05) is 11.9 Å². The van der Waals surface area contributed by atoms with Gasteiger partial charge in [0.05, 0.1) is 18.3 Å². The topological polar surface area (TPSA) is 100 Å². The number of hydrogen-bond donors (Lipinski definition) is 3. The molecular weight excluding hydrogens is 352 g/mol. The molecule has 8 heteroatoms. The highest BCUT2D eigenvalue weighted by atomic mass is 79.9. The Hall–Kier alpha value is -2.61. The fourth-order valence-corrected chi connectivity index (χ4v) is 2.22. The number of halogens is 1. The van der Waals surface area contributed by atoms with Gasteiger partial charge in [0, 0.05) is 11.1 Å². The van der Waals surface area contributed by atoms with Gasteiger partial charge in [-0.05, 0) is 46.3 Å². The van der Waals surface area contributed by atoms with E-state index in [0.29, 0.717) is 10.4 Å². The summed E-state index contributed by atoms with van der Waals surface area (Å²) in [5.41, 5.74) is 1.52. The van der Waals surface area contributed by atoms with Gasteiger partial charge in [-0.15, -0.1) is 0 Å². The Kier molecular flexibility index (Phi) is 3.92. The highest BCUT2D eigenvalue weighted by Crippen LogP contribution is 2.16. The molecule has 22 heavy (non-hydrogen) atoms. The van der Waals surface area contributed by atoms with Crippen molar-refractivity contribution >= 4 is 44.3 Å². The van der Waals surface area contributed by atoms with Crippen LogP contribution >= 0.6 is 15.9 Å². The zero-order valence-electron chi connectivity index (χ0n) is 11.2. The third kappa shape index (κ3) is 3.17. The van der Waals surface area contributed by atoms with E-state index in [2.05, 4.69) is 36.8 Å². The van der Waals surface area contributed by atoms with Gasteiger partial charge in [0.2, 0.25) is 5.91 Å². The maximum absolute atomic E-state index is 11.8. The monoisotopic (exact) mass is 362 g/mol. The number of aromatic nitrogens is 2. The van der Waals surface area contributed by atoms with Crippen molar-refractivity contribution < 1.29 is 14.0 Å². The van der Waals surface area contributed by atoms with Crippen LogP contribution in [0.25, 0.3) is 10.9 Å². The van der Waals surface area contributed by atoms with Gasteiger partial charge in [0.15, 0.2) is 10.4 Å². The Bertz CT molecular complexity index is 839. The number of fused-ring (bicyclic) bond motifs is 1. The largest absolute Gasteiger partial charge is 0.444 e. The van der Waals surface area contributed by atoms with Crippen LogP contribution < -0.4 is 10.6 Å². The molecule has 3 aromatic rings. The van der Waals surface area contributed by atoms with E-state index >= 15 is 0 Å². The Labute approximate surface area is 133 Å². The van der Waals surface area contributed by atoms with Crippen LogP contribution in [0.4, 0.5) is 5.69 Å². The standard InChI is InChI=1S/C14H11BrN4O3/c15-12-4-3-11(22-12)14(21)16-7-13(20)18-9-1-2-10-8(5-9)6-17-19-10/h1-6H,7H2,(H,16,21)(H,17,19)(H,18,20). The van der Waals surface area contributed by atoms with E-state index in [9.17, 15) is 9.59 Å². The number of nitrogens with one attached hydrogen (secondary N) is 3. The van der Waals surface area contributed by atoms with E-state index < -0.39 is 5.91 Å². The van der Waals surface area contributed by atoms with E-state index in [1.807, 2.05) is 6.07 Å². The average molecular weight is 363 g/mol. The van der Waals surface area contributed by atoms with E-state index in [4.69, 9.17) is 4.42 Å². The number of amides is 2. The Balaban J connectivity index is 1.56. The number of furan rings is 1. The fourth-order valence-electron chi connectivity index (χ4n) is 1.91. The van der Waals surface area contributed by atoms with E-state index in [1.54, 1.807) is 24.4 Å². The number of H-pyrrole nitrogens is 1. The van der Waals surface area contributed by atoms with Gasteiger partial charge < -0.3 is 15.1 Å². The molecule has 3 N–H and O–H groups in total. The van der Waals surface area contributed by atoms with Crippen molar-refractivity contribution in [1.29, 1.82) is 0 Å². The number of carbonyl (C=O) groups is 2. The third-order valence-corrected chi connectivity index (χ3v) is 3.36. The number of carbonyl (C=O) groups excluding carboxylic acids is 2. The van der Waals surface area contributed by atoms with Crippen molar-refractivity contribution in [1.82, 2.24) is 15.5 Å². The Morgan fingerprint density at radius 3 is 2.91 bits per heavy atom. The summed E-state index contributed by atoms with van der Waals surface area (Å²) in [6.07, 6.45) is 1.67. The van der Waals surface area contributed by atoms with Crippen LogP contribution in [0, 0.1) is 0 Å². The molecule has 0 aliphatic rings. The minimum Gasteiger partial charge on any atom is -0.444 e. The summed E-state index contributed by atoms with van der Waals surface area (Å²) in [6.45, 7) is -0.152. The lowest BCUT2D eigenvalue weighted by atomic mass is 10.2. The van der Waals surface area contributed by atoms with E-state index in [1.165, 1.54) is 6.07 Å². The maximum Gasteiger partial charge on any atom is 0.287 e. The molecule has 2 aromatic heterocycles. The first-order chi connectivity index (χ1) is 10.6. The smallest absolute Gasteiger partial charge is 0.287 e. The lowest BCUT2D eigenvalue weighted by Gasteiger charge is -2.06. The molecule has 0 saturated heterocycles. The minimum absolute atomic E-state index is 0.138. The SMILES string of the molecule is O=C(CNC(=O)c1ccc(Br)o1)Nc1ccc2[nH]ncc2c1. The van der Waals surface area contributed by atoms with Crippen molar-refractivity contribution in [3.63, 3.8) is 0 Å². The molecule has 2 amide bonds. The lowest BCUT2D eigenvalue weighted by molar-refractivity contribution is -0.115. The summed E-state index contributed by atoms with van der Waals surface area (Å²) in [5, 5.41) is 12.8. The molecule has 3 rings (SSSR count). The molecule has 0 fully saturated rings. The zero-order valence-corrected chi connectivity index (χ0v) is 12.8. The van der Waals surface area contributed by atoms with Crippen LogP contribution in [0.3, 0.4) is 0 Å². The predicted octanol–water partition coefficient (Wildman–Crippen LogP) is 2.29. The molecule has 0 spiro atoms. The highest BCUT2D eigenvalue weighted by Gasteiger charge is 2.12. The van der Waals surface area contributed by atoms with Gasteiger partial charge in [-0.3, -0.25) is 14.7 Å². The molecule has 112 valence electrons. The molecule has 0 atom stereocenters. The average Bonchev–Trinajstić information content (AvgIpc) is 3.13. The number of rotatable bonds is 4. The molecule has 0 bridgehead atoms. The van der Waals surface area contributed by atoms with Crippen molar-refractivity contribution in [3.05, 3.63) is 47.0 Å².